The second kappa shape index (κ2) is 6.12. The summed E-state index contributed by atoms with van der Waals surface area (Å²) in [5.74, 6) is 2.10. The number of aryl methyl sites for hydroxylation is 2. The molecule has 0 aliphatic carbocycles. The lowest BCUT2D eigenvalue weighted by Crippen LogP contribution is -2.61. The Labute approximate surface area is 159 Å². The van der Waals surface area contributed by atoms with Gasteiger partial charge in [-0.2, -0.15) is 5.10 Å². The number of anilines is 1. The largest absolute Gasteiger partial charge is 0.493 e. The molecule has 2 aliphatic rings. The van der Waals surface area contributed by atoms with Gasteiger partial charge in [0.1, 0.15) is 11.6 Å². The Hall–Kier alpha value is -2.82. The molecule has 0 bridgehead atoms. The van der Waals surface area contributed by atoms with Crippen LogP contribution in [0.4, 0.5) is 5.82 Å². The van der Waals surface area contributed by atoms with Crippen molar-refractivity contribution >= 4 is 5.82 Å². The highest BCUT2D eigenvalue weighted by Crippen LogP contribution is 2.42. The van der Waals surface area contributed by atoms with Crippen LogP contribution in [0.3, 0.4) is 0 Å². The lowest BCUT2D eigenvalue weighted by molar-refractivity contribution is 0.0874. The number of rotatable bonds is 3. The highest BCUT2D eigenvalue weighted by atomic mass is 16.5. The van der Waals surface area contributed by atoms with Gasteiger partial charge in [-0.05, 0) is 49.6 Å². The van der Waals surface area contributed by atoms with Crippen LogP contribution in [0.25, 0.3) is 0 Å². The van der Waals surface area contributed by atoms with Crippen molar-refractivity contribution < 1.29 is 4.74 Å². The number of pyridine rings is 1. The van der Waals surface area contributed by atoms with E-state index in [2.05, 4.69) is 53.3 Å². The minimum atomic E-state index is 0.235. The van der Waals surface area contributed by atoms with Gasteiger partial charge >= 0.3 is 0 Å². The summed E-state index contributed by atoms with van der Waals surface area (Å²) in [5.41, 5.74) is 4.98. The Morgan fingerprint density at radius 1 is 1.11 bits per heavy atom. The zero-order valence-corrected chi connectivity index (χ0v) is 15.9. The predicted octanol–water partition coefficient (Wildman–Crippen LogP) is 3.38. The van der Waals surface area contributed by atoms with Crippen molar-refractivity contribution in [3.8, 4) is 5.75 Å². The number of benzene rings is 1. The van der Waals surface area contributed by atoms with Crippen LogP contribution < -0.4 is 9.64 Å². The first-order valence-electron chi connectivity index (χ1n) is 9.52. The van der Waals surface area contributed by atoms with Crippen LogP contribution in [0, 0.1) is 19.3 Å². The molecule has 1 saturated heterocycles. The van der Waals surface area contributed by atoms with Gasteiger partial charge in [-0.1, -0.05) is 24.3 Å². The topological polar surface area (TPSA) is 43.2 Å². The fourth-order valence-corrected chi connectivity index (χ4v) is 4.31. The number of hydrogen-bond donors (Lipinski definition) is 0. The lowest BCUT2D eigenvalue weighted by atomic mass is 9.74. The molecule has 0 unspecified atom stereocenters. The summed E-state index contributed by atoms with van der Waals surface area (Å²) in [4.78, 5) is 7.05. The van der Waals surface area contributed by atoms with Crippen LogP contribution >= 0.6 is 0 Å². The standard InChI is InChI=1S/C22H24N4O/c1-16-9-17(2)26(24-16)12-18-7-8-21(23-11-18)25-13-22(14-25)10-19-5-3-4-6-20(19)27-15-22/h3-9,11H,10,12-15H2,1-2H3. The molecule has 1 fully saturated rings. The van der Waals surface area contributed by atoms with E-state index in [9.17, 15) is 0 Å². The number of nitrogens with zero attached hydrogens (tertiary/aromatic N) is 4. The van der Waals surface area contributed by atoms with E-state index >= 15 is 0 Å². The molecule has 138 valence electrons. The van der Waals surface area contributed by atoms with Crippen molar-refractivity contribution in [1.29, 1.82) is 0 Å². The molecule has 1 spiro atoms. The summed E-state index contributed by atoms with van der Waals surface area (Å²) in [5, 5.41) is 4.53. The number of hydrogen-bond acceptors (Lipinski definition) is 4. The first kappa shape index (κ1) is 16.4. The molecule has 3 aromatic rings. The van der Waals surface area contributed by atoms with Crippen LogP contribution in [-0.4, -0.2) is 34.5 Å². The molecule has 0 saturated carbocycles. The van der Waals surface area contributed by atoms with Gasteiger partial charge in [-0.25, -0.2) is 4.98 Å². The van der Waals surface area contributed by atoms with Crippen molar-refractivity contribution in [1.82, 2.24) is 14.8 Å². The zero-order chi connectivity index (χ0) is 18.4. The summed E-state index contributed by atoms with van der Waals surface area (Å²) in [6.07, 6.45) is 3.07. The van der Waals surface area contributed by atoms with Gasteiger partial charge in [-0.3, -0.25) is 4.68 Å². The van der Waals surface area contributed by atoms with Gasteiger partial charge in [0, 0.05) is 30.4 Å². The van der Waals surface area contributed by atoms with E-state index in [0.717, 1.165) is 49.9 Å². The fourth-order valence-electron chi connectivity index (χ4n) is 4.31. The number of aromatic nitrogens is 3. The SMILES string of the molecule is Cc1cc(C)n(Cc2ccc(N3CC4(COc5ccccc5C4)C3)nc2)n1. The summed E-state index contributed by atoms with van der Waals surface area (Å²) < 4.78 is 8.04. The summed E-state index contributed by atoms with van der Waals surface area (Å²) in [7, 11) is 0. The first-order valence-corrected chi connectivity index (χ1v) is 9.52. The summed E-state index contributed by atoms with van der Waals surface area (Å²) >= 11 is 0. The molecule has 5 heteroatoms. The van der Waals surface area contributed by atoms with Gasteiger partial charge in [-0.15, -0.1) is 0 Å². The third-order valence-corrected chi connectivity index (χ3v) is 5.69. The number of fused-ring (bicyclic) bond motifs is 1. The Bertz CT molecular complexity index is 970. The molecule has 1 aromatic carbocycles. The molecule has 0 atom stereocenters. The molecule has 2 aromatic heterocycles. The molecule has 27 heavy (non-hydrogen) atoms. The molecular formula is C22H24N4O. The van der Waals surface area contributed by atoms with E-state index in [0.29, 0.717) is 0 Å². The number of para-hydroxylation sites is 1. The highest BCUT2D eigenvalue weighted by Gasteiger charge is 2.46. The van der Waals surface area contributed by atoms with E-state index in [4.69, 9.17) is 9.72 Å². The van der Waals surface area contributed by atoms with Gasteiger partial charge < -0.3 is 9.64 Å². The van der Waals surface area contributed by atoms with Crippen LogP contribution in [0.1, 0.15) is 22.5 Å². The van der Waals surface area contributed by atoms with Crippen molar-refractivity contribution in [2.75, 3.05) is 24.6 Å². The van der Waals surface area contributed by atoms with E-state index in [1.165, 1.54) is 16.8 Å². The molecule has 5 nitrogen and oxygen atoms in total. The Kier molecular flexibility index (Phi) is 3.71. The van der Waals surface area contributed by atoms with Gasteiger partial charge in [0.05, 0.1) is 18.8 Å². The third-order valence-electron chi connectivity index (χ3n) is 5.69. The minimum absolute atomic E-state index is 0.235. The van der Waals surface area contributed by atoms with Gasteiger partial charge in [0.2, 0.25) is 0 Å². The average Bonchev–Trinajstić information content (AvgIpc) is 2.97. The van der Waals surface area contributed by atoms with Crippen molar-refractivity contribution in [3.05, 3.63) is 71.2 Å². The van der Waals surface area contributed by atoms with Crippen LogP contribution in [0.2, 0.25) is 0 Å². The van der Waals surface area contributed by atoms with E-state index in [1.54, 1.807) is 0 Å². The number of ether oxygens (including phenoxy) is 1. The molecule has 5 rings (SSSR count). The molecule has 2 aliphatic heterocycles. The molecular weight excluding hydrogens is 336 g/mol. The minimum Gasteiger partial charge on any atom is -0.493 e. The van der Waals surface area contributed by atoms with Crippen LogP contribution in [0.15, 0.2) is 48.7 Å². The maximum atomic E-state index is 6.01. The van der Waals surface area contributed by atoms with E-state index in [-0.39, 0.29) is 5.41 Å². The van der Waals surface area contributed by atoms with Crippen molar-refractivity contribution in [3.63, 3.8) is 0 Å². The lowest BCUT2D eigenvalue weighted by Gasteiger charge is -2.52. The van der Waals surface area contributed by atoms with E-state index < -0.39 is 0 Å². The van der Waals surface area contributed by atoms with E-state index in [1.807, 2.05) is 23.9 Å². The van der Waals surface area contributed by atoms with Crippen molar-refractivity contribution in [2.45, 2.75) is 26.8 Å². The Morgan fingerprint density at radius 3 is 2.70 bits per heavy atom. The predicted molar refractivity (Wildman–Crippen MR) is 105 cm³/mol. The Balaban J connectivity index is 1.24. The smallest absolute Gasteiger partial charge is 0.128 e. The maximum absolute atomic E-state index is 6.01. The third kappa shape index (κ3) is 2.97. The first-order chi connectivity index (χ1) is 13.1. The van der Waals surface area contributed by atoms with Gasteiger partial charge in [0.25, 0.3) is 0 Å². The highest BCUT2D eigenvalue weighted by molar-refractivity contribution is 5.46. The summed E-state index contributed by atoms with van der Waals surface area (Å²) in [6, 6.07) is 14.8. The monoisotopic (exact) mass is 360 g/mol. The van der Waals surface area contributed by atoms with Crippen LogP contribution in [-0.2, 0) is 13.0 Å². The maximum Gasteiger partial charge on any atom is 0.128 e. The van der Waals surface area contributed by atoms with Gasteiger partial charge in [0.15, 0.2) is 0 Å². The quantitative estimate of drug-likeness (QED) is 0.718. The summed E-state index contributed by atoms with van der Waals surface area (Å²) in [6.45, 7) is 7.69. The molecule has 0 amide bonds. The molecule has 4 heterocycles. The Morgan fingerprint density at radius 2 is 1.96 bits per heavy atom. The fraction of sp³-hybridized carbons (Fsp3) is 0.364. The normalized spacial score (nSPS) is 17.3. The van der Waals surface area contributed by atoms with Crippen molar-refractivity contribution in [2.24, 2.45) is 5.41 Å². The second-order valence-corrected chi connectivity index (χ2v) is 8.04. The average molecular weight is 360 g/mol. The molecule has 0 N–H and O–H groups in total. The second-order valence-electron chi connectivity index (χ2n) is 8.04. The zero-order valence-electron chi connectivity index (χ0n) is 15.9. The molecule has 0 radical (unpaired) electrons. The van der Waals surface area contributed by atoms with Crippen LogP contribution in [0.5, 0.6) is 5.75 Å².